The molecule has 27 heavy (non-hydrogen) atoms. The van der Waals surface area contributed by atoms with E-state index in [0.29, 0.717) is 10.9 Å². The molecule has 0 saturated heterocycles. The van der Waals surface area contributed by atoms with Crippen LogP contribution in [0, 0.1) is 0 Å². The first-order chi connectivity index (χ1) is 12.9. The Morgan fingerprint density at radius 2 is 2.00 bits per heavy atom. The van der Waals surface area contributed by atoms with Crippen LogP contribution in [0.2, 0.25) is 0 Å². The van der Waals surface area contributed by atoms with Crippen LogP contribution in [0.3, 0.4) is 0 Å². The van der Waals surface area contributed by atoms with Crippen molar-refractivity contribution in [1.29, 1.82) is 0 Å². The fourth-order valence-corrected chi connectivity index (χ4v) is 3.40. The number of alkyl halides is 3. The number of hydrogen-bond donors (Lipinski definition) is 2. The van der Waals surface area contributed by atoms with Gasteiger partial charge in [-0.15, -0.1) is 5.10 Å². The van der Waals surface area contributed by atoms with E-state index in [1.165, 1.54) is 12.1 Å². The summed E-state index contributed by atoms with van der Waals surface area (Å²) in [4.78, 5) is 16.5. The van der Waals surface area contributed by atoms with Gasteiger partial charge in [0.25, 0.3) is 0 Å². The van der Waals surface area contributed by atoms with Gasteiger partial charge in [0, 0.05) is 5.69 Å². The van der Waals surface area contributed by atoms with Crippen molar-refractivity contribution in [3.8, 4) is 0 Å². The molecule has 2 heterocycles. The number of para-hydroxylation sites is 2. The Balaban J connectivity index is 1.48. The number of aromatic amines is 1. The number of H-pyrrole nitrogens is 1. The molecular formula is C17H12F3N5OS. The molecule has 0 aliphatic rings. The number of hydrogen-bond acceptors (Lipinski definition) is 4. The maximum Gasteiger partial charge on any atom is 0.416 e. The summed E-state index contributed by atoms with van der Waals surface area (Å²) in [6.07, 6.45) is -4.46. The molecule has 0 saturated carbocycles. The highest BCUT2D eigenvalue weighted by molar-refractivity contribution is 7.99. The molecule has 1 amide bonds. The minimum atomic E-state index is -4.46. The lowest BCUT2D eigenvalue weighted by Gasteiger charge is -2.09. The van der Waals surface area contributed by atoms with Gasteiger partial charge >= 0.3 is 6.18 Å². The second-order valence-corrected chi connectivity index (χ2v) is 6.62. The van der Waals surface area contributed by atoms with Gasteiger partial charge in [0.05, 0.1) is 22.3 Å². The van der Waals surface area contributed by atoms with Gasteiger partial charge in [-0.05, 0) is 30.3 Å². The SMILES string of the molecule is O=C(CSc1n[nH]c2nc3ccccc3n12)Nc1cccc(C(F)(F)F)c1. The predicted octanol–water partition coefficient (Wildman–Crippen LogP) is 3.96. The summed E-state index contributed by atoms with van der Waals surface area (Å²) in [5, 5.41) is 9.95. The van der Waals surface area contributed by atoms with Crippen LogP contribution in [0.4, 0.5) is 18.9 Å². The third-order valence-corrected chi connectivity index (χ3v) is 4.75. The average molecular weight is 391 g/mol. The number of thioether (sulfide) groups is 1. The van der Waals surface area contributed by atoms with Crippen molar-refractivity contribution in [2.45, 2.75) is 11.3 Å². The van der Waals surface area contributed by atoms with E-state index in [4.69, 9.17) is 0 Å². The van der Waals surface area contributed by atoms with Crippen LogP contribution in [0.1, 0.15) is 5.56 Å². The molecule has 4 rings (SSSR count). The number of aromatic nitrogens is 4. The number of carbonyl (C=O) groups excluding carboxylic acids is 1. The average Bonchev–Trinajstić information content (AvgIpc) is 3.18. The monoisotopic (exact) mass is 391 g/mol. The standard InChI is InChI=1S/C17H12F3N5OS/c18-17(19,20)10-4-3-5-11(8-10)21-14(26)9-27-16-24-23-15-22-12-6-1-2-7-13(12)25(15)16/h1-8H,9H2,(H,21,26)(H,22,23). The summed E-state index contributed by atoms with van der Waals surface area (Å²) in [5.74, 6) is 0.111. The summed E-state index contributed by atoms with van der Waals surface area (Å²) in [6, 6.07) is 12.0. The highest BCUT2D eigenvalue weighted by atomic mass is 32.2. The van der Waals surface area contributed by atoms with E-state index >= 15 is 0 Å². The largest absolute Gasteiger partial charge is 0.416 e. The first-order valence-corrected chi connectivity index (χ1v) is 8.82. The van der Waals surface area contributed by atoms with Crippen LogP contribution in [-0.4, -0.2) is 31.2 Å². The number of benzene rings is 2. The molecule has 2 aromatic carbocycles. The van der Waals surface area contributed by atoms with E-state index in [9.17, 15) is 18.0 Å². The normalized spacial score (nSPS) is 12.0. The van der Waals surface area contributed by atoms with E-state index in [-0.39, 0.29) is 11.4 Å². The van der Waals surface area contributed by atoms with Crippen LogP contribution < -0.4 is 5.32 Å². The molecule has 6 nitrogen and oxygen atoms in total. The lowest BCUT2D eigenvalue weighted by atomic mass is 10.2. The minimum absolute atomic E-state index is 0.0112. The second kappa shape index (κ2) is 6.62. The molecule has 0 bridgehead atoms. The lowest BCUT2D eigenvalue weighted by Crippen LogP contribution is -2.15. The van der Waals surface area contributed by atoms with E-state index in [1.54, 1.807) is 4.40 Å². The summed E-state index contributed by atoms with van der Waals surface area (Å²) in [7, 11) is 0. The quantitative estimate of drug-likeness (QED) is 0.517. The Kier molecular flexibility index (Phi) is 4.27. The maximum atomic E-state index is 12.7. The second-order valence-electron chi connectivity index (χ2n) is 5.68. The zero-order valence-corrected chi connectivity index (χ0v) is 14.4. The molecule has 0 radical (unpaired) electrons. The molecule has 2 aromatic heterocycles. The van der Waals surface area contributed by atoms with Gasteiger partial charge in [0.15, 0.2) is 5.16 Å². The number of imidazole rings is 1. The number of carbonyl (C=O) groups is 1. The van der Waals surface area contributed by atoms with Crippen LogP contribution in [0.15, 0.2) is 53.7 Å². The summed E-state index contributed by atoms with van der Waals surface area (Å²) < 4.78 is 40.0. The van der Waals surface area contributed by atoms with Gasteiger partial charge in [0.2, 0.25) is 11.7 Å². The zero-order chi connectivity index (χ0) is 19.0. The topological polar surface area (TPSA) is 75.1 Å². The summed E-state index contributed by atoms with van der Waals surface area (Å²) >= 11 is 1.16. The molecule has 138 valence electrons. The minimum Gasteiger partial charge on any atom is -0.325 e. The smallest absolute Gasteiger partial charge is 0.325 e. The van der Waals surface area contributed by atoms with E-state index in [2.05, 4.69) is 20.5 Å². The Morgan fingerprint density at radius 3 is 2.81 bits per heavy atom. The number of nitrogens with zero attached hydrogens (tertiary/aromatic N) is 3. The summed E-state index contributed by atoms with van der Waals surface area (Å²) in [5.41, 5.74) is 0.922. The van der Waals surface area contributed by atoms with Gasteiger partial charge in [-0.25, -0.2) is 10.1 Å². The molecule has 0 spiro atoms. The van der Waals surface area contributed by atoms with Crippen molar-refractivity contribution in [2.75, 3.05) is 11.1 Å². The van der Waals surface area contributed by atoms with Crippen LogP contribution in [-0.2, 0) is 11.0 Å². The van der Waals surface area contributed by atoms with Gasteiger partial charge in [-0.1, -0.05) is 30.0 Å². The maximum absolute atomic E-state index is 12.7. The molecule has 0 aliphatic heterocycles. The molecule has 0 unspecified atom stereocenters. The van der Waals surface area contributed by atoms with Gasteiger partial charge in [-0.3, -0.25) is 9.20 Å². The predicted molar refractivity (Wildman–Crippen MR) is 95.6 cm³/mol. The van der Waals surface area contributed by atoms with Crippen molar-refractivity contribution in [3.63, 3.8) is 0 Å². The molecule has 0 fully saturated rings. The molecular weight excluding hydrogens is 379 g/mol. The summed E-state index contributed by atoms with van der Waals surface area (Å²) in [6.45, 7) is 0. The number of fused-ring (bicyclic) bond motifs is 3. The molecule has 0 aliphatic carbocycles. The van der Waals surface area contributed by atoms with Gasteiger partial charge < -0.3 is 5.32 Å². The molecule has 10 heteroatoms. The molecule has 0 atom stereocenters. The first kappa shape index (κ1) is 17.4. The number of halogens is 3. The molecule has 4 aromatic rings. The zero-order valence-electron chi connectivity index (χ0n) is 13.6. The van der Waals surface area contributed by atoms with Crippen molar-refractivity contribution < 1.29 is 18.0 Å². The Morgan fingerprint density at radius 1 is 1.19 bits per heavy atom. The van der Waals surface area contributed by atoms with Crippen molar-refractivity contribution >= 4 is 40.2 Å². The molecule has 2 N–H and O–H groups in total. The van der Waals surface area contributed by atoms with Crippen molar-refractivity contribution in [3.05, 3.63) is 54.1 Å². The Labute approximate surface area is 154 Å². The van der Waals surface area contributed by atoms with E-state index < -0.39 is 17.6 Å². The van der Waals surface area contributed by atoms with Crippen molar-refractivity contribution in [1.82, 2.24) is 19.6 Å². The Bertz CT molecular complexity index is 1130. The number of nitrogens with one attached hydrogen (secondary N) is 2. The van der Waals surface area contributed by atoms with Crippen LogP contribution in [0.5, 0.6) is 0 Å². The van der Waals surface area contributed by atoms with E-state index in [1.807, 2.05) is 24.3 Å². The number of rotatable bonds is 4. The fourth-order valence-electron chi connectivity index (χ4n) is 2.64. The highest BCUT2D eigenvalue weighted by Gasteiger charge is 2.30. The van der Waals surface area contributed by atoms with Crippen LogP contribution in [0.25, 0.3) is 16.8 Å². The highest BCUT2D eigenvalue weighted by Crippen LogP contribution is 2.30. The fraction of sp³-hybridized carbons (Fsp3) is 0.118. The third-order valence-electron chi connectivity index (χ3n) is 3.81. The van der Waals surface area contributed by atoms with Crippen LogP contribution >= 0.6 is 11.8 Å². The van der Waals surface area contributed by atoms with E-state index in [0.717, 1.165) is 34.9 Å². The van der Waals surface area contributed by atoms with Gasteiger partial charge in [0.1, 0.15) is 0 Å². The van der Waals surface area contributed by atoms with Crippen molar-refractivity contribution in [2.24, 2.45) is 0 Å². The number of amides is 1. The number of anilines is 1. The third kappa shape index (κ3) is 3.47. The lowest BCUT2D eigenvalue weighted by molar-refractivity contribution is -0.137. The Hall–Kier alpha value is -3.01. The first-order valence-electron chi connectivity index (χ1n) is 7.83. The van der Waals surface area contributed by atoms with Gasteiger partial charge in [-0.2, -0.15) is 13.2 Å².